The van der Waals surface area contributed by atoms with E-state index in [1.54, 1.807) is 23.1 Å². The van der Waals surface area contributed by atoms with Crippen LogP contribution in [0.25, 0.3) is 11.4 Å². The van der Waals surface area contributed by atoms with Crippen molar-refractivity contribution in [2.24, 2.45) is 7.05 Å². The summed E-state index contributed by atoms with van der Waals surface area (Å²) >= 11 is 3.28. The van der Waals surface area contributed by atoms with Gasteiger partial charge in [-0.05, 0) is 12.5 Å². The molecule has 0 aliphatic heterocycles. The van der Waals surface area contributed by atoms with E-state index < -0.39 is 0 Å². The molecule has 0 fully saturated rings. The molecule has 0 aliphatic carbocycles. The van der Waals surface area contributed by atoms with Gasteiger partial charge < -0.3 is 4.57 Å². The molecule has 2 heterocycles. The molecular formula is C14H14N4S2. The highest BCUT2D eigenvalue weighted by molar-refractivity contribution is 7.98. The van der Waals surface area contributed by atoms with Crippen molar-refractivity contribution >= 4 is 23.1 Å². The molecule has 0 atom stereocenters. The molecule has 0 saturated heterocycles. The van der Waals surface area contributed by atoms with Crippen molar-refractivity contribution < 1.29 is 0 Å². The van der Waals surface area contributed by atoms with E-state index >= 15 is 0 Å². The highest BCUT2D eigenvalue weighted by Gasteiger charge is 2.12. The van der Waals surface area contributed by atoms with E-state index in [1.165, 1.54) is 5.56 Å². The van der Waals surface area contributed by atoms with Gasteiger partial charge in [0.2, 0.25) is 0 Å². The van der Waals surface area contributed by atoms with Crippen molar-refractivity contribution in [2.75, 3.05) is 0 Å². The van der Waals surface area contributed by atoms with Crippen molar-refractivity contribution in [1.82, 2.24) is 19.7 Å². The summed E-state index contributed by atoms with van der Waals surface area (Å²) in [5, 5.41) is 11.6. The first kappa shape index (κ1) is 13.3. The van der Waals surface area contributed by atoms with Gasteiger partial charge in [0, 0.05) is 23.7 Å². The Labute approximate surface area is 125 Å². The van der Waals surface area contributed by atoms with E-state index in [-0.39, 0.29) is 0 Å². The molecule has 0 unspecified atom stereocenters. The summed E-state index contributed by atoms with van der Waals surface area (Å²) in [5.74, 6) is 1.73. The van der Waals surface area contributed by atoms with Gasteiger partial charge in [-0.2, -0.15) is 0 Å². The van der Waals surface area contributed by atoms with Gasteiger partial charge in [0.15, 0.2) is 11.0 Å². The molecule has 1 aromatic carbocycles. The molecule has 0 amide bonds. The van der Waals surface area contributed by atoms with Gasteiger partial charge in [-0.1, -0.05) is 36.0 Å². The average Bonchev–Trinajstić information content (AvgIpc) is 3.07. The Morgan fingerprint density at radius 3 is 2.85 bits per heavy atom. The van der Waals surface area contributed by atoms with E-state index in [1.807, 2.05) is 29.3 Å². The summed E-state index contributed by atoms with van der Waals surface area (Å²) in [7, 11) is 2.01. The average molecular weight is 302 g/mol. The first-order valence-corrected chi connectivity index (χ1v) is 8.14. The summed E-state index contributed by atoms with van der Waals surface area (Å²) in [6.07, 6.45) is 0. The zero-order chi connectivity index (χ0) is 13.9. The third-order valence-electron chi connectivity index (χ3n) is 3.05. The Kier molecular flexibility index (Phi) is 3.84. The van der Waals surface area contributed by atoms with E-state index in [2.05, 4.69) is 39.6 Å². The van der Waals surface area contributed by atoms with Gasteiger partial charge in [0.05, 0.1) is 11.2 Å². The molecule has 0 bridgehead atoms. The normalized spacial score (nSPS) is 10.9. The molecule has 2 aromatic heterocycles. The number of thioether (sulfide) groups is 1. The first-order chi connectivity index (χ1) is 9.75. The maximum absolute atomic E-state index is 4.32. The van der Waals surface area contributed by atoms with Crippen LogP contribution in [0.2, 0.25) is 0 Å². The molecule has 3 aromatic rings. The van der Waals surface area contributed by atoms with Crippen LogP contribution in [-0.2, 0) is 12.8 Å². The van der Waals surface area contributed by atoms with E-state index in [0.29, 0.717) is 0 Å². The Balaban J connectivity index is 1.84. The quantitative estimate of drug-likeness (QED) is 0.691. The van der Waals surface area contributed by atoms with Crippen LogP contribution >= 0.6 is 23.1 Å². The Bertz CT molecular complexity index is 704. The number of rotatable bonds is 4. The topological polar surface area (TPSA) is 43.6 Å². The van der Waals surface area contributed by atoms with E-state index in [4.69, 9.17) is 0 Å². The van der Waals surface area contributed by atoms with Gasteiger partial charge >= 0.3 is 0 Å². The zero-order valence-electron chi connectivity index (χ0n) is 11.3. The fraction of sp³-hybridized carbons (Fsp3) is 0.214. The summed E-state index contributed by atoms with van der Waals surface area (Å²) < 4.78 is 2.04. The maximum atomic E-state index is 4.32. The fourth-order valence-electron chi connectivity index (χ4n) is 1.95. The van der Waals surface area contributed by atoms with Crippen molar-refractivity contribution in [3.8, 4) is 11.4 Å². The second-order valence-electron chi connectivity index (χ2n) is 4.45. The summed E-state index contributed by atoms with van der Waals surface area (Å²) in [6.45, 7) is 2.09. The van der Waals surface area contributed by atoms with Crippen LogP contribution in [0.3, 0.4) is 0 Å². The minimum absolute atomic E-state index is 0.823. The van der Waals surface area contributed by atoms with Crippen molar-refractivity contribution in [3.63, 3.8) is 0 Å². The monoisotopic (exact) mass is 302 g/mol. The summed E-state index contributed by atoms with van der Waals surface area (Å²) in [5.41, 5.74) is 5.27. The van der Waals surface area contributed by atoms with Gasteiger partial charge in [0.1, 0.15) is 0 Å². The fourth-order valence-corrected chi connectivity index (χ4v) is 3.42. The molecule has 6 heteroatoms. The van der Waals surface area contributed by atoms with Crippen LogP contribution in [-0.4, -0.2) is 19.7 Å². The number of benzene rings is 1. The van der Waals surface area contributed by atoms with Gasteiger partial charge in [-0.25, -0.2) is 4.98 Å². The van der Waals surface area contributed by atoms with Crippen molar-refractivity contribution in [3.05, 3.63) is 46.4 Å². The van der Waals surface area contributed by atoms with Crippen molar-refractivity contribution in [1.29, 1.82) is 0 Å². The second kappa shape index (κ2) is 5.76. The van der Waals surface area contributed by atoms with E-state index in [0.717, 1.165) is 28.0 Å². The number of nitrogens with zero attached hydrogens (tertiary/aromatic N) is 4. The second-order valence-corrected chi connectivity index (χ2v) is 6.11. The molecule has 0 saturated carbocycles. The van der Waals surface area contributed by atoms with Crippen LogP contribution in [0.5, 0.6) is 0 Å². The minimum Gasteiger partial charge on any atom is -0.305 e. The molecule has 0 aliphatic rings. The number of hydrogen-bond donors (Lipinski definition) is 0. The molecule has 20 heavy (non-hydrogen) atoms. The van der Waals surface area contributed by atoms with Gasteiger partial charge in [0.25, 0.3) is 0 Å². The lowest BCUT2D eigenvalue weighted by Gasteiger charge is -2.05. The van der Waals surface area contributed by atoms with Crippen LogP contribution in [0, 0.1) is 6.92 Å². The van der Waals surface area contributed by atoms with Crippen LogP contribution < -0.4 is 0 Å². The molecular weight excluding hydrogens is 288 g/mol. The highest BCUT2D eigenvalue weighted by Crippen LogP contribution is 2.26. The Morgan fingerprint density at radius 2 is 2.10 bits per heavy atom. The lowest BCUT2D eigenvalue weighted by atomic mass is 10.1. The number of hydrogen-bond acceptors (Lipinski definition) is 5. The number of thiazole rings is 1. The molecule has 0 radical (unpaired) electrons. The molecule has 3 rings (SSSR count). The zero-order valence-corrected chi connectivity index (χ0v) is 12.9. The smallest absolute Gasteiger partial charge is 0.191 e. The van der Waals surface area contributed by atoms with Crippen LogP contribution in [0.4, 0.5) is 0 Å². The minimum atomic E-state index is 0.823. The lowest BCUT2D eigenvalue weighted by molar-refractivity contribution is 0.793. The van der Waals surface area contributed by atoms with Crippen LogP contribution in [0.1, 0.15) is 11.3 Å². The SMILES string of the molecule is Cc1ccccc1-c1nnc(SCc2cscn2)n1C. The maximum Gasteiger partial charge on any atom is 0.191 e. The predicted octanol–water partition coefficient (Wildman–Crippen LogP) is 3.54. The highest BCUT2D eigenvalue weighted by atomic mass is 32.2. The lowest BCUT2D eigenvalue weighted by Crippen LogP contribution is -1.96. The molecule has 4 nitrogen and oxygen atoms in total. The third kappa shape index (κ3) is 2.62. The number of aromatic nitrogens is 4. The molecule has 0 spiro atoms. The van der Waals surface area contributed by atoms with Crippen LogP contribution in [0.15, 0.2) is 40.3 Å². The van der Waals surface area contributed by atoms with Gasteiger partial charge in [-0.3, -0.25) is 0 Å². The number of aryl methyl sites for hydroxylation is 1. The predicted molar refractivity (Wildman–Crippen MR) is 82.9 cm³/mol. The standard InChI is InChI=1S/C14H14N4S2/c1-10-5-3-4-6-12(10)13-16-17-14(18(13)2)20-8-11-7-19-9-15-11/h3-7,9H,8H2,1-2H3. The Morgan fingerprint density at radius 1 is 1.25 bits per heavy atom. The largest absolute Gasteiger partial charge is 0.305 e. The van der Waals surface area contributed by atoms with E-state index in [9.17, 15) is 0 Å². The Hall–Kier alpha value is -1.66. The van der Waals surface area contributed by atoms with Gasteiger partial charge in [-0.15, -0.1) is 21.5 Å². The first-order valence-electron chi connectivity index (χ1n) is 6.21. The summed E-state index contributed by atoms with van der Waals surface area (Å²) in [6, 6.07) is 8.23. The molecule has 102 valence electrons. The molecule has 0 N–H and O–H groups in total. The third-order valence-corrected chi connectivity index (χ3v) is 4.74. The summed E-state index contributed by atoms with van der Waals surface area (Å²) in [4.78, 5) is 4.28. The van der Waals surface area contributed by atoms with Crippen molar-refractivity contribution in [2.45, 2.75) is 17.8 Å².